The smallest absolute Gasteiger partial charge is 0.303 e. The Labute approximate surface area is 81.9 Å². The van der Waals surface area contributed by atoms with Gasteiger partial charge in [0.15, 0.2) is 0 Å². The number of carboxylic acids is 1. The normalized spacial score (nSPS) is 35.9. The van der Waals surface area contributed by atoms with Crippen LogP contribution in [0.3, 0.4) is 0 Å². The van der Waals surface area contributed by atoms with Crippen molar-refractivity contribution < 1.29 is 24.1 Å². The second-order valence-electron chi connectivity index (χ2n) is 3.73. The maximum atomic E-state index is 10.3. The summed E-state index contributed by atoms with van der Waals surface area (Å²) in [7, 11) is 0. The van der Waals surface area contributed by atoms with Crippen molar-refractivity contribution in [1.29, 1.82) is 0 Å². The summed E-state index contributed by atoms with van der Waals surface area (Å²) >= 11 is 0. The van der Waals surface area contributed by atoms with Crippen molar-refractivity contribution in [3.63, 3.8) is 0 Å². The van der Waals surface area contributed by atoms with E-state index >= 15 is 0 Å². The SMILES string of the molecule is O=C(O)CCCC12OCC(CO1)CO2. The van der Waals surface area contributed by atoms with Gasteiger partial charge < -0.3 is 19.3 Å². The number of hydrogen-bond donors (Lipinski definition) is 1. The van der Waals surface area contributed by atoms with Gasteiger partial charge in [-0.15, -0.1) is 0 Å². The Bertz CT molecular complexity index is 205. The highest BCUT2D eigenvalue weighted by atomic mass is 16.9. The maximum Gasteiger partial charge on any atom is 0.303 e. The Morgan fingerprint density at radius 3 is 2.36 bits per heavy atom. The summed E-state index contributed by atoms with van der Waals surface area (Å²) in [6, 6.07) is 0. The quantitative estimate of drug-likeness (QED) is 0.722. The zero-order valence-electron chi connectivity index (χ0n) is 7.90. The first-order chi connectivity index (χ1) is 6.70. The van der Waals surface area contributed by atoms with Crippen LogP contribution in [-0.4, -0.2) is 36.9 Å². The molecule has 3 aliphatic heterocycles. The number of ether oxygens (including phenoxy) is 3. The van der Waals surface area contributed by atoms with Crippen molar-refractivity contribution in [3.8, 4) is 0 Å². The largest absolute Gasteiger partial charge is 0.481 e. The molecule has 2 bridgehead atoms. The molecule has 0 atom stereocenters. The lowest BCUT2D eigenvalue weighted by atomic mass is 10.1. The van der Waals surface area contributed by atoms with Crippen LogP contribution in [0, 0.1) is 5.92 Å². The van der Waals surface area contributed by atoms with Gasteiger partial charge in [-0.3, -0.25) is 4.79 Å². The highest BCUT2D eigenvalue weighted by molar-refractivity contribution is 5.66. The van der Waals surface area contributed by atoms with E-state index in [4.69, 9.17) is 19.3 Å². The number of carbonyl (C=O) groups is 1. The van der Waals surface area contributed by atoms with Gasteiger partial charge in [-0.25, -0.2) is 0 Å². The Balaban J connectivity index is 1.80. The van der Waals surface area contributed by atoms with Gasteiger partial charge in [0, 0.05) is 18.8 Å². The van der Waals surface area contributed by atoms with Crippen LogP contribution in [0.25, 0.3) is 0 Å². The van der Waals surface area contributed by atoms with Gasteiger partial charge in [0.2, 0.25) is 0 Å². The molecule has 5 nitrogen and oxygen atoms in total. The Morgan fingerprint density at radius 1 is 1.29 bits per heavy atom. The standard InChI is InChI=1S/C9H14O5/c10-8(11)2-1-3-9-12-4-7(5-13-9)6-14-9/h7H,1-6H2,(H,10,11). The van der Waals surface area contributed by atoms with E-state index in [9.17, 15) is 4.79 Å². The predicted molar refractivity (Wildman–Crippen MR) is 45.6 cm³/mol. The molecule has 0 radical (unpaired) electrons. The van der Waals surface area contributed by atoms with Crippen LogP contribution < -0.4 is 0 Å². The fourth-order valence-corrected chi connectivity index (χ4v) is 1.68. The molecule has 14 heavy (non-hydrogen) atoms. The van der Waals surface area contributed by atoms with Gasteiger partial charge in [-0.05, 0) is 6.42 Å². The number of carboxylic acid groups (broad SMARTS) is 1. The number of fused-ring (bicyclic) bond motifs is 3. The molecule has 0 unspecified atom stereocenters. The van der Waals surface area contributed by atoms with Gasteiger partial charge in [0.05, 0.1) is 19.8 Å². The topological polar surface area (TPSA) is 65.0 Å². The fourth-order valence-electron chi connectivity index (χ4n) is 1.68. The Kier molecular flexibility index (Phi) is 2.71. The van der Waals surface area contributed by atoms with Gasteiger partial charge in [0.1, 0.15) is 0 Å². The van der Waals surface area contributed by atoms with E-state index in [2.05, 4.69) is 0 Å². The zero-order valence-corrected chi connectivity index (χ0v) is 7.90. The first kappa shape index (κ1) is 9.89. The van der Waals surface area contributed by atoms with Crippen LogP contribution in [0.2, 0.25) is 0 Å². The number of hydrogen-bond acceptors (Lipinski definition) is 4. The van der Waals surface area contributed by atoms with Crippen LogP contribution in [0.5, 0.6) is 0 Å². The van der Waals surface area contributed by atoms with Crippen molar-refractivity contribution >= 4 is 5.97 Å². The van der Waals surface area contributed by atoms with Crippen molar-refractivity contribution in [2.45, 2.75) is 25.2 Å². The van der Waals surface area contributed by atoms with Crippen molar-refractivity contribution in [2.24, 2.45) is 5.92 Å². The molecule has 0 amide bonds. The molecule has 3 aliphatic rings. The van der Waals surface area contributed by atoms with E-state index in [1.165, 1.54) is 0 Å². The average molecular weight is 202 g/mol. The van der Waals surface area contributed by atoms with Crippen LogP contribution in [0.15, 0.2) is 0 Å². The zero-order chi connectivity index (χ0) is 10.0. The summed E-state index contributed by atoms with van der Waals surface area (Å²) in [4.78, 5) is 10.3. The van der Waals surface area contributed by atoms with Gasteiger partial charge >= 0.3 is 5.97 Å². The molecular weight excluding hydrogens is 188 g/mol. The van der Waals surface area contributed by atoms with Crippen molar-refractivity contribution in [3.05, 3.63) is 0 Å². The lowest BCUT2D eigenvalue weighted by Crippen LogP contribution is -2.53. The molecule has 3 saturated heterocycles. The third-order valence-electron chi connectivity index (χ3n) is 2.49. The van der Waals surface area contributed by atoms with Gasteiger partial charge in [-0.1, -0.05) is 0 Å². The first-order valence-electron chi connectivity index (χ1n) is 4.84. The average Bonchev–Trinajstić information content (AvgIpc) is 2.19. The van der Waals surface area contributed by atoms with E-state index < -0.39 is 11.9 Å². The summed E-state index contributed by atoms with van der Waals surface area (Å²) in [5.74, 6) is -1.40. The molecule has 3 heterocycles. The fraction of sp³-hybridized carbons (Fsp3) is 0.889. The molecule has 0 aromatic carbocycles. The van der Waals surface area contributed by atoms with E-state index in [-0.39, 0.29) is 6.42 Å². The van der Waals surface area contributed by atoms with Crippen LogP contribution >= 0.6 is 0 Å². The minimum Gasteiger partial charge on any atom is -0.481 e. The number of rotatable bonds is 4. The Morgan fingerprint density at radius 2 is 1.86 bits per heavy atom. The van der Waals surface area contributed by atoms with Crippen LogP contribution in [0.4, 0.5) is 0 Å². The number of aliphatic carboxylic acids is 1. The molecule has 1 N–H and O–H groups in total. The van der Waals surface area contributed by atoms with Crippen molar-refractivity contribution in [1.82, 2.24) is 0 Å². The molecule has 0 aliphatic carbocycles. The minimum absolute atomic E-state index is 0.126. The predicted octanol–water partition coefficient (Wildman–Crippen LogP) is 0.588. The molecular formula is C9H14O5. The molecule has 3 fully saturated rings. The summed E-state index contributed by atoms with van der Waals surface area (Å²) < 4.78 is 16.2. The third kappa shape index (κ3) is 2.05. The Hall–Kier alpha value is -0.650. The third-order valence-corrected chi connectivity index (χ3v) is 2.49. The minimum atomic E-state index is -0.940. The van der Waals surface area contributed by atoms with E-state index in [0.29, 0.717) is 38.6 Å². The van der Waals surface area contributed by atoms with E-state index in [1.807, 2.05) is 0 Å². The maximum absolute atomic E-state index is 10.3. The van der Waals surface area contributed by atoms with Gasteiger partial charge in [-0.2, -0.15) is 0 Å². The van der Waals surface area contributed by atoms with Crippen LogP contribution in [-0.2, 0) is 19.0 Å². The van der Waals surface area contributed by atoms with E-state index in [0.717, 1.165) is 0 Å². The van der Waals surface area contributed by atoms with Gasteiger partial charge in [0.25, 0.3) is 5.97 Å². The molecule has 5 heteroatoms. The molecule has 0 aromatic heterocycles. The molecule has 0 aromatic rings. The molecule has 80 valence electrons. The summed E-state index contributed by atoms with van der Waals surface area (Å²) in [6.45, 7) is 1.98. The van der Waals surface area contributed by atoms with Crippen molar-refractivity contribution in [2.75, 3.05) is 19.8 Å². The first-order valence-corrected chi connectivity index (χ1v) is 4.84. The van der Waals surface area contributed by atoms with E-state index in [1.54, 1.807) is 0 Å². The second kappa shape index (κ2) is 3.84. The highest BCUT2D eigenvalue weighted by Crippen LogP contribution is 2.33. The lowest BCUT2D eigenvalue weighted by Gasteiger charge is -2.45. The second-order valence-corrected chi connectivity index (χ2v) is 3.73. The highest BCUT2D eigenvalue weighted by Gasteiger charge is 2.44. The summed E-state index contributed by atoms with van der Waals surface area (Å²) in [6.07, 6.45) is 1.13. The van der Waals surface area contributed by atoms with Crippen LogP contribution in [0.1, 0.15) is 19.3 Å². The monoisotopic (exact) mass is 202 g/mol. The summed E-state index contributed by atoms with van der Waals surface area (Å²) in [5.41, 5.74) is 0. The summed E-state index contributed by atoms with van der Waals surface area (Å²) in [5, 5.41) is 8.49. The molecule has 0 spiro atoms. The molecule has 0 saturated carbocycles. The molecule has 3 rings (SSSR count). The lowest BCUT2D eigenvalue weighted by molar-refractivity contribution is -0.450.